The second-order valence-corrected chi connectivity index (χ2v) is 7.64. The van der Waals surface area contributed by atoms with Gasteiger partial charge >= 0.3 is 0 Å². The Balaban J connectivity index is 1.63. The van der Waals surface area contributed by atoms with E-state index in [1.54, 1.807) is 12.1 Å². The molecular formula is C25H21N3O2. The number of aromatic amines is 1. The van der Waals surface area contributed by atoms with Crippen LogP contribution >= 0.6 is 0 Å². The molecule has 0 radical (unpaired) electrons. The maximum absolute atomic E-state index is 13.4. The Bertz CT molecular complexity index is 1200. The number of hydrogen-bond donors (Lipinski definition) is 2. The number of aromatic hydroxyl groups is 1. The summed E-state index contributed by atoms with van der Waals surface area (Å²) >= 11 is 0. The zero-order valence-electron chi connectivity index (χ0n) is 16.5. The van der Waals surface area contributed by atoms with Gasteiger partial charge in [0, 0.05) is 17.7 Å². The molecule has 1 amide bonds. The lowest BCUT2D eigenvalue weighted by molar-refractivity contribution is 0.0730. The summed E-state index contributed by atoms with van der Waals surface area (Å²) in [7, 11) is 0. The van der Waals surface area contributed by atoms with E-state index in [0.717, 1.165) is 27.9 Å². The molecule has 0 bridgehead atoms. The maximum Gasteiger partial charge on any atom is 0.273 e. The number of aromatic nitrogens is 2. The van der Waals surface area contributed by atoms with Crippen LogP contribution in [0, 0.1) is 6.92 Å². The molecule has 0 fully saturated rings. The minimum absolute atomic E-state index is 0.0710. The van der Waals surface area contributed by atoms with E-state index in [2.05, 4.69) is 34.5 Å². The first-order valence-electron chi connectivity index (χ1n) is 9.91. The molecule has 0 saturated heterocycles. The van der Waals surface area contributed by atoms with Crippen LogP contribution < -0.4 is 0 Å². The molecule has 4 aromatic rings. The predicted molar refractivity (Wildman–Crippen MR) is 115 cm³/mol. The first-order valence-corrected chi connectivity index (χ1v) is 9.91. The van der Waals surface area contributed by atoms with E-state index in [0.29, 0.717) is 12.2 Å². The first-order chi connectivity index (χ1) is 14.6. The van der Waals surface area contributed by atoms with E-state index >= 15 is 0 Å². The summed E-state index contributed by atoms with van der Waals surface area (Å²) in [6.45, 7) is 2.54. The maximum atomic E-state index is 13.4. The fourth-order valence-corrected chi connectivity index (χ4v) is 4.07. The van der Waals surface area contributed by atoms with Gasteiger partial charge in [-0.25, -0.2) is 0 Å². The summed E-state index contributed by atoms with van der Waals surface area (Å²) in [6.07, 6.45) is 0. The van der Waals surface area contributed by atoms with Gasteiger partial charge in [0.1, 0.15) is 11.4 Å². The number of fused-ring (bicyclic) bond motifs is 1. The fourth-order valence-electron chi connectivity index (χ4n) is 4.07. The highest BCUT2D eigenvalue weighted by Crippen LogP contribution is 2.43. The SMILES string of the molecule is Cc1ccc(CN2C(=O)c3[nH]nc(-c4ccccc4)c3C2c2ccc(O)cc2)cc1. The number of rotatable bonds is 4. The van der Waals surface area contributed by atoms with Gasteiger partial charge in [0.05, 0.1) is 11.7 Å². The molecule has 1 aliphatic heterocycles. The van der Waals surface area contributed by atoms with Crippen LogP contribution in [0.25, 0.3) is 11.3 Å². The number of hydrogen-bond acceptors (Lipinski definition) is 3. The molecule has 0 aliphatic carbocycles. The molecule has 2 heterocycles. The topological polar surface area (TPSA) is 69.2 Å². The Hall–Kier alpha value is -3.86. The van der Waals surface area contributed by atoms with Crippen molar-refractivity contribution in [1.29, 1.82) is 0 Å². The van der Waals surface area contributed by atoms with E-state index in [4.69, 9.17) is 0 Å². The minimum Gasteiger partial charge on any atom is -0.508 e. The van der Waals surface area contributed by atoms with Gasteiger partial charge in [-0.2, -0.15) is 5.10 Å². The number of H-pyrrole nitrogens is 1. The van der Waals surface area contributed by atoms with Crippen molar-refractivity contribution in [3.8, 4) is 17.0 Å². The molecule has 5 nitrogen and oxygen atoms in total. The van der Waals surface area contributed by atoms with Gasteiger partial charge in [-0.3, -0.25) is 9.89 Å². The lowest BCUT2D eigenvalue weighted by Crippen LogP contribution is -2.29. The average molecular weight is 395 g/mol. The number of phenolic OH excluding ortho intramolecular Hbond substituents is 1. The molecule has 0 spiro atoms. The van der Waals surface area contributed by atoms with Gasteiger partial charge in [-0.1, -0.05) is 72.3 Å². The monoisotopic (exact) mass is 395 g/mol. The number of carbonyl (C=O) groups is 1. The molecule has 5 heteroatoms. The summed E-state index contributed by atoms with van der Waals surface area (Å²) in [6, 6.07) is 24.9. The van der Waals surface area contributed by atoms with Crippen molar-refractivity contribution in [1.82, 2.24) is 15.1 Å². The zero-order valence-corrected chi connectivity index (χ0v) is 16.5. The van der Waals surface area contributed by atoms with Gasteiger partial charge in [0.15, 0.2) is 0 Å². The predicted octanol–water partition coefficient (Wildman–Crippen LogP) is 4.84. The Morgan fingerprint density at radius 2 is 1.67 bits per heavy atom. The smallest absolute Gasteiger partial charge is 0.273 e. The summed E-state index contributed by atoms with van der Waals surface area (Å²) < 4.78 is 0. The van der Waals surface area contributed by atoms with Gasteiger partial charge in [-0.15, -0.1) is 0 Å². The quantitative estimate of drug-likeness (QED) is 0.520. The molecule has 1 aliphatic rings. The van der Waals surface area contributed by atoms with Crippen molar-refractivity contribution in [2.75, 3.05) is 0 Å². The van der Waals surface area contributed by atoms with E-state index in [-0.39, 0.29) is 17.7 Å². The van der Waals surface area contributed by atoms with Crippen LogP contribution in [-0.2, 0) is 6.54 Å². The second-order valence-electron chi connectivity index (χ2n) is 7.64. The molecule has 1 atom stereocenters. The zero-order chi connectivity index (χ0) is 20.7. The molecule has 148 valence electrons. The summed E-state index contributed by atoms with van der Waals surface area (Å²) in [5, 5.41) is 17.2. The van der Waals surface area contributed by atoms with Crippen molar-refractivity contribution in [3.63, 3.8) is 0 Å². The molecular weight excluding hydrogens is 374 g/mol. The van der Waals surface area contributed by atoms with Crippen LogP contribution in [0.3, 0.4) is 0 Å². The Morgan fingerprint density at radius 1 is 0.967 bits per heavy atom. The van der Waals surface area contributed by atoms with Gasteiger partial charge in [-0.05, 0) is 30.2 Å². The lowest BCUT2D eigenvalue weighted by Gasteiger charge is -2.26. The molecule has 5 rings (SSSR count). The van der Waals surface area contributed by atoms with Crippen LogP contribution in [0.4, 0.5) is 0 Å². The third kappa shape index (κ3) is 3.05. The number of phenols is 1. The highest BCUT2D eigenvalue weighted by molar-refractivity contribution is 6.00. The summed E-state index contributed by atoms with van der Waals surface area (Å²) in [5.74, 6) is 0.127. The normalized spacial score (nSPS) is 15.4. The van der Waals surface area contributed by atoms with E-state index in [1.165, 1.54) is 5.56 Å². The number of amides is 1. The largest absolute Gasteiger partial charge is 0.508 e. The number of nitrogens with one attached hydrogen (secondary N) is 1. The molecule has 1 aromatic heterocycles. The van der Waals surface area contributed by atoms with E-state index in [9.17, 15) is 9.90 Å². The van der Waals surface area contributed by atoms with Crippen LogP contribution in [0.15, 0.2) is 78.9 Å². The van der Waals surface area contributed by atoms with E-state index in [1.807, 2.05) is 54.3 Å². The average Bonchev–Trinajstić information content (AvgIpc) is 3.31. The molecule has 30 heavy (non-hydrogen) atoms. The van der Waals surface area contributed by atoms with E-state index < -0.39 is 0 Å². The van der Waals surface area contributed by atoms with Gasteiger partial charge in [0.2, 0.25) is 0 Å². The molecule has 0 saturated carbocycles. The van der Waals surface area contributed by atoms with Crippen LogP contribution in [0.5, 0.6) is 5.75 Å². The standard InChI is InChI=1S/C25H21N3O2/c1-16-7-9-17(10-8-16)15-28-24(19-11-13-20(29)14-12-19)21-22(18-5-3-2-4-6-18)26-27-23(21)25(28)30/h2-14,24,29H,15H2,1H3,(H,26,27). The summed E-state index contributed by atoms with van der Waals surface area (Å²) in [5.41, 5.74) is 6.33. The van der Waals surface area contributed by atoms with Gasteiger partial charge in [0.25, 0.3) is 5.91 Å². The van der Waals surface area contributed by atoms with Gasteiger partial charge < -0.3 is 10.0 Å². The Labute approximate surface area is 174 Å². The first kappa shape index (κ1) is 18.2. The molecule has 2 N–H and O–H groups in total. The third-order valence-electron chi connectivity index (χ3n) is 5.59. The van der Waals surface area contributed by atoms with Crippen molar-refractivity contribution in [2.24, 2.45) is 0 Å². The number of aryl methyl sites for hydroxylation is 1. The Kier molecular flexibility index (Phi) is 4.36. The number of carbonyl (C=O) groups excluding carboxylic acids is 1. The fraction of sp³-hybridized carbons (Fsp3) is 0.120. The molecule has 1 unspecified atom stereocenters. The number of nitrogens with zero attached hydrogens (tertiary/aromatic N) is 2. The minimum atomic E-state index is -0.289. The van der Waals surface area contributed by atoms with Crippen LogP contribution in [-0.4, -0.2) is 26.1 Å². The molecule has 3 aromatic carbocycles. The van der Waals surface area contributed by atoms with Crippen LogP contribution in [0.1, 0.15) is 38.8 Å². The second kappa shape index (κ2) is 7.19. The van der Waals surface area contributed by atoms with Crippen molar-refractivity contribution < 1.29 is 9.90 Å². The van der Waals surface area contributed by atoms with Crippen LogP contribution in [0.2, 0.25) is 0 Å². The third-order valence-corrected chi connectivity index (χ3v) is 5.59. The summed E-state index contributed by atoms with van der Waals surface area (Å²) in [4.78, 5) is 15.2. The highest BCUT2D eigenvalue weighted by atomic mass is 16.3. The Morgan fingerprint density at radius 3 is 2.37 bits per heavy atom. The van der Waals surface area contributed by atoms with Crippen molar-refractivity contribution in [3.05, 3.63) is 107 Å². The highest BCUT2D eigenvalue weighted by Gasteiger charge is 2.42. The lowest BCUT2D eigenvalue weighted by atomic mass is 9.96. The number of benzene rings is 3. The van der Waals surface area contributed by atoms with Crippen molar-refractivity contribution in [2.45, 2.75) is 19.5 Å². The van der Waals surface area contributed by atoms with Crippen molar-refractivity contribution >= 4 is 5.91 Å².